The van der Waals surface area contributed by atoms with E-state index in [9.17, 15) is 0 Å². The van der Waals surface area contributed by atoms with Gasteiger partial charge in [0, 0.05) is 6.54 Å². The maximum absolute atomic E-state index is 7.56. The van der Waals surface area contributed by atoms with Crippen molar-refractivity contribution in [3.8, 4) is 0 Å². The van der Waals surface area contributed by atoms with Gasteiger partial charge < -0.3 is 11.5 Å². The quantitative estimate of drug-likeness (QED) is 0.435. The Morgan fingerprint density at radius 1 is 0.581 bits per heavy atom. The molecular weight excluding hydrogens is 376 g/mol. The lowest BCUT2D eigenvalue weighted by atomic mass is 9.57. The third-order valence-electron chi connectivity index (χ3n) is 6.49. The van der Waals surface area contributed by atoms with Gasteiger partial charge in [0.05, 0.1) is 11.0 Å². The third kappa shape index (κ3) is 3.81. The maximum Gasteiger partial charge on any atom is 0.0601 e. The van der Waals surface area contributed by atoms with E-state index in [4.69, 9.17) is 11.5 Å². The highest BCUT2D eigenvalue weighted by atomic mass is 14.8. The molecule has 0 saturated heterocycles. The van der Waals surface area contributed by atoms with Gasteiger partial charge in [0.25, 0.3) is 0 Å². The summed E-state index contributed by atoms with van der Waals surface area (Å²) in [6.45, 7) is 2.49. The van der Waals surface area contributed by atoms with Crippen LogP contribution in [0.25, 0.3) is 0 Å². The van der Waals surface area contributed by atoms with Crippen LogP contribution in [0, 0.1) is 6.92 Å². The first kappa shape index (κ1) is 21.0. The summed E-state index contributed by atoms with van der Waals surface area (Å²) in [7, 11) is 0. The summed E-state index contributed by atoms with van der Waals surface area (Å²) >= 11 is 0. The van der Waals surface area contributed by atoms with Gasteiger partial charge in [0.1, 0.15) is 0 Å². The zero-order valence-corrected chi connectivity index (χ0v) is 18.0. The average molecular weight is 407 g/mol. The van der Waals surface area contributed by atoms with Crippen LogP contribution in [0.1, 0.15) is 27.8 Å². The summed E-state index contributed by atoms with van der Waals surface area (Å²) in [4.78, 5) is 0. The summed E-state index contributed by atoms with van der Waals surface area (Å²) in [6, 6.07) is 40.0. The fourth-order valence-corrected chi connectivity index (χ4v) is 4.81. The molecule has 0 aromatic heterocycles. The van der Waals surface area contributed by atoms with Crippen LogP contribution in [0.15, 0.2) is 115 Å². The van der Waals surface area contributed by atoms with Crippen LogP contribution in [-0.2, 0) is 17.4 Å². The van der Waals surface area contributed by atoms with Crippen LogP contribution in [-0.4, -0.2) is 6.54 Å². The van der Waals surface area contributed by atoms with E-state index < -0.39 is 11.0 Å². The Kier molecular flexibility index (Phi) is 6.03. The molecule has 1 atom stereocenters. The predicted octanol–water partition coefficient (Wildman–Crippen LogP) is 5.34. The first-order valence-corrected chi connectivity index (χ1v) is 10.8. The molecular formula is C29H30N2. The van der Waals surface area contributed by atoms with Crippen LogP contribution >= 0.6 is 0 Å². The Balaban J connectivity index is 2.02. The van der Waals surface area contributed by atoms with Crippen molar-refractivity contribution in [3.63, 3.8) is 0 Å². The number of benzene rings is 4. The molecule has 0 aliphatic carbocycles. The molecule has 4 rings (SSSR count). The Hall–Kier alpha value is -3.20. The first-order chi connectivity index (χ1) is 15.1. The highest BCUT2D eigenvalue weighted by Gasteiger charge is 2.51. The fraction of sp³-hybridized carbons (Fsp3) is 0.172. The number of rotatable bonds is 7. The second-order valence-electron chi connectivity index (χ2n) is 8.34. The summed E-state index contributed by atoms with van der Waals surface area (Å²) in [5.41, 5.74) is 18.6. The molecule has 4 aromatic rings. The van der Waals surface area contributed by atoms with Gasteiger partial charge in [-0.1, -0.05) is 121 Å². The molecule has 31 heavy (non-hydrogen) atoms. The minimum Gasteiger partial charge on any atom is -0.329 e. The molecule has 0 aliphatic rings. The van der Waals surface area contributed by atoms with E-state index in [0.717, 1.165) is 16.7 Å². The first-order valence-electron chi connectivity index (χ1n) is 10.8. The molecule has 0 aliphatic heterocycles. The Labute approximate surface area is 185 Å². The van der Waals surface area contributed by atoms with Crippen LogP contribution in [0.4, 0.5) is 0 Å². The second-order valence-corrected chi connectivity index (χ2v) is 8.34. The van der Waals surface area contributed by atoms with Crippen LogP contribution in [0.2, 0.25) is 0 Å². The van der Waals surface area contributed by atoms with Crippen molar-refractivity contribution in [1.29, 1.82) is 0 Å². The lowest BCUT2D eigenvalue weighted by Gasteiger charge is -2.50. The van der Waals surface area contributed by atoms with Crippen molar-refractivity contribution >= 4 is 0 Å². The molecule has 156 valence electrons. The van der Waals surface area contributed by atoms with Crippen LogP contribution < -0.4 is 11.5 Å². The second kappa shape index (κ2) is 8.89. The third-order valence-corrected chi connectivity index (χ3v) is 6.49. The minimum absolute atomic E-state index is 0.387. The maximum atomic E-state index is 7.56. The molecule has 0 spiro atoms. The number of nitrogens with two attached hydrogens (primary N) is 2. The fourth-order valence-electron chi connectivity index (χ4n) is 4.81. The van der Waals surface area contributed by atoms with Crippen LogP contribution in [0.5, 0.6) is 0 Å². The lowest BCUT2D eigenvalue weighted by Crippen LogP contribution is -2.61. The molecule has 4 aromatic carbocycles. The summed E-state index contributed by atoms with van der Waals surface area (Å²) in [6.07, 6.45) is 0.665. The standard InChI is InChI=1S/C29H30N2/c1-23-17-19-24(20-18-23)21-29(31,27-15-9-4-10-16-27)28(22-30,25-11-5-2-6-12-25)26-13-7-3-8-14-26/h2-20H,21-22,30-31H2,1H3. The topological polar surface area (TPSA) is 52.0 Å². The van der Waals surface area contributed by atoms with Crippen molar-refractivity contribution < 1.29 is 0 Å². The van der Waals surface area contributed by atoms with E-state index in [1.54, 1.807) is 0 Å². The summed E-state index contributed by atoms with van der Waals surface area (Å²) in [5.74, 6) is 0. The summed E-state index contributed by atoms with van der Waals surface area (Å²) in [5, 5.41) is 0. The number of aryl methyl sites for hydroxylation is 1. The average Bonchev–Trinajstić information content (AvgIpc) is 2.83. The van der Waals surface area contributed by atoms with E-state index in [1.165, 1.54) is 11.1 Å². The number of hydrogen-bond acceptors (Lipinski definition) is 2. The van der Waals surface area contributed by atoms with Gasteiger partial charge in [-0.3, -0.25) is 0 Å². The monoisotopic (exact) mass is 406 g/mol. The molecule has 0 amide bonds. The zero-order valence-electron chi connectivity index (χ0n) is 18.0. The predicted molar refractivity (Wildman–Crippen MR) is 130 cm³/mol. The Morgan fingerprint density at radius 3 is 1.42 bits per heavy atom. The van der Waals surface area contributed by atoms with Crippen molar-refractivity contribution in [2.45, 2.75) is 24.3 Å². The van der Waals surface area contributed by atoms with Crippen LogP contribution in [0.3, 0.4) is 0 Å². The molecule has 2 heteroatoms. The van der Waals surface area contributed by atoms with Crippen molar-refractivity contribution in [1.82, 2.24) is 0 Å². The highest BCUT2D eigenvalue weighted by molar-refractivity contribution is 5.49. The normalized spacial score (nSPS) is 13.5. The van der Waals surface area contributed by atoms with E-state index >= 15 is 0 Å². The van der Waals surface area contributed by atoms with E-state index in [0.29, 0.717) is 13.0 Å². The SMILES string of the molecule is Cc1ccc(CC(N)(c2ccccc2)C(CN)(c2ccccc2)c2ccccc2)cc1. The van der Waals surface area contributed by atoms with Gasteiger partial charge in [-0.2, -0.15) is 0 Å². The van der Waals surface area contributed by atoms with Crippen molar-refractivity contribution in [2.24, 2.45) is 11.5 Å². The molecule has 4 N–H and O–H groups in total. The van der Waals surface area contributed by atoms with Gasteiger partial charge in [-0.15, -0.1) is 0 Å². The lowest BCUT2D eigenvalue weighted by molar-refractivity contribution is 0.264. The molecule has 1 unspecified atom stereocenters. The van der Waals surface area contributed by atoms with Gasteiger partial charge in [0.15, 0.2) is 0 Å². The van der Waals surface area contributed by atoms with Gasteiger partial charge in [-0.25, -0.2) is 0 Å². The van der Waals surface area contributed by atoms with Crippen molar-refractivity contribution in [2.75, 3.05) is 6.54 Å². The van der Waals surface area contributed by atoms with E-state index in [2.05, 4.69) is 104 Å². The molecule has 0 fully saturated rings. The van der Waals surface area contributed by atoms with Gasteiger partial charge in [0.2, 0.25) is 0 Å². The zero-order chi connectivity index (χ0) is 21.7. The molecule has 0 bridgehead atoms. The van der Waals surface area contributed by atoms with Gasteiger partial charge in [-0.05, 0) is 35.6 Å². The van der Waals surface area contributed by atoms with Crippen molar-refractivity contribution in [3.05, 3.63) is 143 Å². The minimum atomic E-state index is -0.763. The smallest absolute Gasteiger partial charge is 0.0601 e. The Morgan fingerprint density at radius 2 is 1.00 bits per heavy atom. The van der Waals surface area contributed by atoms with E-state index in [1.807, 2.05) is 18.2 Å². The molecule has 0 heterocycles. The molecule has 2 nitrogen and oxygen atoms in total. The Bertz CT molecular complexity index is 1050. The van der Waals surface area contributed by atoms with Gasteiger partial charge >= 0.3 is 0 Å². The molecule has 0 saturated carbocycles. The highest BCUT2D eigenvalue weighted by Crippen LogP contribution is 2.47. The number of hydrogen-bond donors (Lipinski definition) is 2. The summed E-state index contributed by atoms with van der Waals surface area (Å²) < 4.78 is 0. The molecule has 0 radical (unpaired) electrons. The largest absolute Gasteiger partial charge is 0.329 e. The van der Waals surface area contributed by atoms with E-state index in [-0.39, 0.29) is 0 Å².